The molecule has 0 amide bonds. The zero-order valence-corrected chi connectivity index (χ0v) is 13.6. The SMILES string of the molecule is CCCCCCCc1nnc(CCNCC(C)C)s1. The second-order valence-electron chi connectivity index (χ2n) is 5.60. The van der Waals surface area contributed by atoms with Crippen molar-refractivity contribution in [3.63, 3.8) is 0 Å². The summed E-state index contributed by atoms with van der Waals surface area (Å²) in [7, 11) is 0. The zero-order valence-electron chi connectivity index (χ0n) is 12.7. The van der Waals surface area contributed by atoms with Gasteiger partial charge in [-0.15, -0.1) is 21.5 Å². The molecule has 0 unspecified atom stereocenters. The molecule has 0 saturated heterocycles. The van der Waals surface area contributed by atoms with Gasteiger partial charge in [0.25, 0.3) is 0 Å². The summed E-state index contributed by atoms with van der Waals surface area (Å²) in [5.74, 6) is 0.716. The highest BCUT2D eigenvalue weighted by Gasteiger charge is 2.04. The third kappa shape index (κ3) is 8.32. The Kier molecular flexibility index (Phi) is 9.01. The van der Waals surface area contributed by atoms with Crippen LogP contribution in [-0.2, 0) is 12.8 Å². The molecule has 1 rings (SSSR count). The van der Waals surface area contributed by atoms with Crippen molar-refractivity contribution in [2.45, 2.75) is 65.7 Å². The number of nitrogens with zero attached hydrogens (tertiary/aromatic N) is 2. The lowest BCUT2D eigenvalue weighted by Gasteiger charge is -2.05. The van der Waals surface area contributed by atoms with E-state index < -0.39 is 0 Å². The van der Waals surface area contributed by atoms with E-state index in [9.17, 15) is 0 Å². The average Bonchev–Trinajstić information content (AvgIpc) is 2.82. The Morgan fingerprint density at radius 1 is 1.00 bits per heavy atom. The van der Waals surface area contributed by atoms with Crippen molar-refractivity contribution in [2.24, 2.45) is 5.92 Å². The summed E-state index contributed by atoms with van der Waals surface area (Å²) in [4.78, 5) is 0. The number of nitrogens with one attached hydrogen (secondary N) is 1. The van der Waals surface area contributed by atoms with Gasteiger partial charge in [0, 0.05) is 19.4 Å². The van der Waals surface area contributed by atoms with Crippen LogP contribution >= 0.6 is 11.3 Å². The standard InChI is InChI=1S/C15H29N3S/c1-4-5-6-7-8-9-14-17-18-15(19-14)10-11-16-12-13(2)3/h13,16H,4-12H2,1-3H3. The summed E-state index contributed by atoms with van der Waals surface area (Å²) in [6.45, 7) is 8.82. The Morgan fingerprint density at radius 3 is 2.37 bits per heavy atom. The number of hydrogen-bond donors (Lipinski definition) is 1. The molecule has 110 valence electrons. The molecule has 1 aromatic rings. The summed E-state index contributed by atoms with van der Waals surface area (Å²) in [5.41, 5.74) is 0. The summed E-state index contributed by atoms with van der Waals surface area (Å²) < 4.78 is 0. The van der Waals surface area contributed by atoms with Crippen LogP contribution in [0.25, 0.3) is 0 Å². The minimum Gasteiger partial charge on any atom is -0.316 e. The molecule has 1 N–H and O–H groups in total. The van der Waals surface area contributed by atoms with E-state index >= 15 is 0 Å². The van der Waals surface area contributed by atoms with Crippen LogP contribution in [0.15, 0.2) is 0 Å². The monoisotopic (exact) mass is 283 g/mol. The van der Waals surface area contributed by atoms with Gasteiger partial charge in [-0.2, -0.15) is 0 Å². The number of aryl methyl sites for hydroxylation is 1. The van der Waals surface area contributed by atoms with Crippen LogP contribution < -0.4 is 5.32 Å². The molecule has 0 spiro atoms. The van der Waals surface area contributed by atoms with Crippen LogP contribution in [-0.4, -0.2) is 23.3 Å². The lowest BCUT2D eigenvalue weighted by molar-refractivity contribution is 0.553. The van der Waals surface area contributed by atoms with Crippen molar-refractivity contribution in [3.8, 4) is 0 Å². The van der Waals surface area contributed by atoms with Crippen molar-refractivity contribution in [1.29, 1.82) is 0 Å². The lowest BCUT2D eigenvalue weighted by atomic mass is 10.1. The summed E-state index contributed by atoms with van der Waals surface area (Å²) in [6.07, 6.45) is 8.76. The van der Waals surface area contributed by atoms with Crippen molar-refractivity contribution < 1.29 is 0 Å². The summed E-state index contributed by atoms with van der Waals surface area (Å²) in [5, 5.41) is 14.4. The van der Waals surface area contributed by atoms with E-state index in [0.29, 0.717) is 5.92 Å². The van der Waals surface area contributed by atoms with Crippen LogP contribution in [0.4, 0.5) is 0 Å². The van der Waals surface area contributed by atoms with Gasteiger partial charge in [-0.25, -0.2) is 0 Å². The van der Waals surface area contributed by atoms with Crippen molar-refractivity contribution in [1.82, 2.24) is 15.5 Å². The Bertz CT molecular complexity index is 323. The smallest absolute Gasteiger partial charge is 0.118 e. The van der Waals surface area contributed by atoms with Crippen LogP contribution in [0.1, 0.15) is 62.9 Å². The highest BCUT2D eigenvalue weighted by molar-refractivity contribution is 7.11. The third-order valence-electron chi connectivity index (χ3n) is 3.07. The molecule has 0 aliphatic rings. The normalized spacial score (nSPS) is 11.4. The van der Waals surface area contributed by atoms with Gasteiger partial charge < -0.3 is 5.32 Å². The van der Waals surface area contributed by atoms with Gasteiger partial charge in [0.05, 0.1) is 0 Å². The van der Waals surface area contributed by atoms with E-state index in [-0.39, 0.29) is 0 Å². The maximum Gasteiger partial charge on any atom is 0.118 e. The van der Waals surface area contributed by atoms with Gasteiger partial charge in [-0.3, -0.25) is 0 Å². The van der Waals surface area contributed by atoms with Crippen molar-refractivity contribution >= 4 is 11.3 Å². The van der Waals surface area contributed by atoms with Gasteiger partial charge >= 0.3 is 0 Å². The van der Waals surface area contributed by atoms with Crippen LogP contribution in [0.5, 0.6) is 0 Å². The van der Waals surface area contributed by atoms with Crippen molar-refractivity contribution in [2.75, 3.05) is 13.1 Å². The van der Waals surface area contributed by atoms with Gasteiger partial charge in [0.15, 0.2) is 0 Å². The molecule has 0 atom stereocenters. The fraction of sp³-hybridized carbons (Fsp3) is 0.867. The molecule has 0 aliphatic heterocycles. The largest absolute Gasteiger partial charge is 0.316 e. The molecule has 19 heavy (non-hydrogen) atoms. The molecule has 1 aromatic heterocycles. The number of aromatic nitrogens is 2. The minimum absolute atomic E-state index is 0.716. The zero-order chi connectivity index (χ0) is 13.9. The predicted molar refractivity (Wildman–Crippen MR) is 83.8 cm³/mol. The molecule has 3 nitrogen and oxygen atoms in total. The first-order chi connectivity index (χ1) is 9.22. The Morgan fingerprint density at radius 2 is 1.68 bits per heavy atom. The topological polar surface area (TPSA) is 37.8 Å². The van der Waals surface area contributed by atoms with E-state index in [2.05, 4.69) is 36.3 Å². The Balaban J connectivity index is 2.10. The highest BCUT2D eigenvalue weighted by Crippen LogP contribution is 2.14. The van der Waals surface area contributed by atoms with Gasteiger partial charge in [0.1, 0.15) is 10.0 Å². The van der Waals surface area contributed by atoms with E-state index in [4.69, 9.17) is 0 Å². The molecule has 0 bridgehead atoms. The van der Waals surface area contributed by atoms with Crippen LogP contribution in [0.2, 0.25) is 0 Å². The number of rotatable bonds is 11. The summed E-state index contributed by atoms with van der Waals surface area (Å²) in [6, 6.07) is 0. The van der Waals surface area contributed by atoms with Gasteiger partial charge in [-0.05, 0) is 18.9 Å². The fourth-order valence-corrected chi connectivity index (χ4v) is 2.84. The first-order valence-corrected chi connectivity index (χ1v) is 8.56. The van der Waals surface area contributed by atoms with Crippen LogP contribution in [0, 0.1) is 5.92 Å². The lowest BCUT2D eigenvalue weighted by Crippen LogP contribution is -2.22. The average molecular weight is 283 g/mol. The highest BCUT2D eigenvalue weighted by atomic mass is 32.1. The second kappa shape index (κ2) is 10.3. The van der Waals surface area contributed by atoms with E-state index in [1.165, 1.54) is 42.1 Å². The molecule has 0 saturated carbocycles. The first-order valence-electron chi connectivity index (χ1n) is 7.74. The van der Waals surface area contributed by atoms with E-state index in [1.807, 2.05) is 0 Å². The first kappa shape index (κ1) is 16.6. The number of unbranched alkanes of at least 4 members (excludes halogenated alkanes) is 4. The molecule has 0 fully saturated rings. The third-order valence-corrected chi connectivity index (χ3v) is 4.11. The van der Waals surface area contributed by atoms with E-state index in [0.717, 1.165) is 25.9 Å². The minimum atomic E-state index is 0.716. The summed E-state index contributed by atoms with van der Waals surface area (Å²) >= 11 is 1.79. The molecular formula is C15H29N3S. The maximum absolute atomic E-state index is 4.29. The molecule has 0 radical (unpaired) electrons. The Hall–Kier alpha value is -0.480. The molecule has 4 heteroatoms. The molecular weight excluding hydrogens is 254 g/mol. The Labute approximate surface area is 122 Å². The van der Waals surface area contributed by atoms with E-state index in [1.54, 1.807) is 11.3 Å². The predicted octanol–water partition coefficient (Wildman–Crippen LogP) is 3.84. The molecule has 0 aromatic carbocycles. The van der Waals surface area contributed by atoms with Crippen molar-refractivity contribution in [3.05, 3.63) is 10.0 Å². The number of hydrogen-bond acceptors (Lipinski definition) is 4. The second-order valence-corrected chi connectivity index (χ2v) is 6.75. The quantitative estimate of drug-likeness (QED) is 0.627. The van der Waals surface area contributed by atoms with Gasteiger partial charge in [0.2, 0.25) is 0 Å². The maximum atomic E-state index is 4.29. The fourth-order valence-electron chi connectivity index (χ4n) is 1.96. The molecule has 1 heterocycles. The molecule has 0 aliphatic carbocycles. The van der Waals surface area contributed by atoms with Crippen LogP contribution in [0.3, 0.4) is 0 Å². The van der Waals surface area contributed by atoms with Gasteiger partial charge in [-0.1, -0.05) is 46.5 Å².